The van der Waals surface area contributed by atoms with E-state index in [2.05, 4.69) is 51.5 Å². The molecular formula is C33H39BrN4O4SSi. The molecule has 4 aromatic rings. The molecule has 0 radical (unpaired) electrons. The summed E-state index contributed by atoms with van der Waals surface area (Å²) < 4.78 is 13.3. The van der Waals surface area contributed by atoms with Crippen LogP contribution in [0.5, 0.6) is 0 Å². The Hall–Kier alpha value is -3.12. The van der Waals surface area contributed by atoms with Crippen molar-refractivity contribution in [2.45, 2.75) is 65.0 Å². The molecule has 2 aromatic carbocycles. The number of carbonyl (C=O) groups is 2. The van der Waals surface area contributed by atoms with Gasteiger partial charge in [-0.2, -0.15) is 0 Å². The zero-order valence-electron chi connectivity index (χ0n) is 26.1. The molecule has 1 amide bonds. The van der Waals surface area contributed by atoms with Gasteiger partial charge in [-0.25, -0.2) is 14.8 Å². The molecule has 0 aliphatic carbocycles. The van der Waals surface area contributed by atoms with Crippen LogP contribution in [-0.4, -0.2) is 55.4 Å². The lowest BCUT2D eigenvalue weighted by Gasteiger charge is -2.32. The third-order valence-electron chi connectivity index (χ3n) is 7.23. The molecule has 5 rings (SSSR count). The number of esters is 1. The minimum absolute atomic E-state index is 0.129. The number of amides is 1. The number of aromatic nitrogens is 2. The van der Waals surface area contributed by atoms with E-state index >= 15 is 0 Å². The Balaban J connectivity index is 1.44. The Morgan fingerprint density at radius 3 is 2.55 bits per heavy atom. The number of carbonyl (C=O) groups excluding carboxylic acids is 2. The fourth-order valence-electron chi connectivity index (χ4n) is 4.91. The van der Waals surface area contributed by atoms with Gasteiger partial charge in [0.25, 0.3) is 5.91 Å². The van der Waals surface area contributed by atoms with Gasteiger partial charge < -0.3 is 14.4 Å². The van der Waals surface area contributed by atoms with Crippen LogP contribution in [0.15, 0.2) is 59.1 Å². The van der Waals surface area contributed by atoms with E-state index in [0.717, 1.165) is 33.8 Å². The number of hydrogen-bond acceptors (Lipinski definition) is 8. The Morgan fingerprint density at radius 2 is 1.82 bits per heavy atom. The maximum atomic E-state index is 14.4. The highest BCUT2D eigenvalue weighted by atomic mass is 79.9. The first kappa shape index (κ1) is 32.3. The molecular weight excluding hydrogens is 656 g/mol. The first-order chi connectivity index (χ1) is 20.8. The van der Waals surface area contributed by atoms with Crippen molar-refractivity contribution in [1.82, 2.24) is 9.97 Å². The summed E-state index contributed by atoms with van der Waals surface area (Å²) in [5, 5.41) is 0.617. The molecule has 0 fully saturated rings. The number of nitrogens with zero attached hydrogens (tertiary/aromatic N) is 4. The molecule has 3 heterocycles. The fraction of sp³-hybridized carbons (Fsp3) is 0.394. The highest BCUT2D eigenvalue weighted by molar-refractivity contribution is 9.10. The second-order valence-corrected chi connectivity index (χ2v) is 20.6. The predicted molar refractivity (Wildman–Crippen MR) is 184 cm³/mol. The number of benzene rings is 2. The maximum absolute atomic E-state index is 14.4. The van der Waals surface area contributed by atoms with Crippen molar-refractivity contribution < 1.29 is 19.1 Å². The van der Waals surface area contributed by atoms with E-state index < -0.39 is 19.6 Å². The third kappa shape index (κ3) is 7.74. The molecule has 1 aliphatic heterocycles. The van der Waals surface area contributed by atoms with Crippen molar-refractivity contribution in [2.24, 2.45) is 0 Å². The Labute approximate surface area is 272 Å². The molecule has 1 aliphatic rings. The largest absolute Gasteiger partial charge is 0.455 e. The van der Waals surface area contributed by atoms with Gasteiger partial charge in [-0.15, -0.1) is 0 Å². The van der Waals surface area contributed by atoms with Gasteiger partial charge in [-0.3, -0.25) is 9.69 Å². The molecule has 11 heteroatoms. The van der Waals surface area contributed by atoms with Gasteiger partial charge in [0.2, 0.25) is 0 Å². The second kappa shape index (κ2) is 13.1. The van der Waals surface area contributed by atoms with E-state index in [4.69, 9.17) is 14.5 Å². The molecule has 232 valence electrons. The summed E-state index contributed by atoms with van der Waals surface area (Å²) in [5.74, 6) is 0.0220. The van der Waals surface area contributed by atoms with Crippen LogP contribution in [0.1, 0.15) is 52.7 Å². The number of para-hydroxylation sites is 1. The Kier molecular flexibility index (Phi) is 9.60. The van der Waals surface area contributed by atoms with Gasteiger partial charge in [0.05, 0.1) is 14.7 Å². The number of hydrogen-bond donors (Lipinski definition) is 0. The quantitative estimate of drug-likeness (QED) is 0.0761. The molecule has 0 spiro atoms. The monoisotopic (exact) mass is 694 g/mol. The van der Waals surface area contributed by atoms with Crippen LogP contribution >= 0.6 is 27.3 Å². The average Bonchev–Trinajstić information content (AvgIpc) is 3.39. The first-order valence-corrected chi connectivity index (χ1v) is 20.1. The molecule has 8 nitrogen and oxygen atoms in total. The summed E-state index contributed by atoms with van der Waals surface area (Å²) in [7, 11) is -1.30. The first-order valence-electron chi connectivity index (χ1n) is 14.8. The van der Waals surface area contributed by atoms with Gasteiger partial charge in [0.1, 0.15) is 18.1 Å². The molecule has 0 saturated heterocycles. The summed E-state index contributed by atoms with van der Waals surface area (Å²) in [5.41, 5.74) is 3.13. The molecule has 0 N–H and O–H groups in total. The Morgan fingerprint density at radius 1 is 1.05 bits per heavy atom. The van der Waals surface area contributed by atoms with Crippen LogP contribution < -0.4 is 9.80 Å². The molecule has 0 atom stereocenters. The predicted octanol–water partition coefficient (Wildman–Crippen LogP) is 7.93. The Bertz CT molecular complexity index is 1650. The number of thiazole rings is 1. The normalized spacial score (nSPS) is 13.6. The van der Waals surface area contributed by atoms with Crippen LogP contribution in [-0.2, 0) is 22.4 Å². The molecule has 0 bridgehead atoms. The summed E-state index contributed by atoms with van der Waals surface area (Å²) in [4.78, 5) is 40.5. The molecule has 0 unspecified atom stereocenters. The fourth-order valence-corrected chi connectivity index (χ4v) is 7.00. The maximum Gasteiger partial charge on any atom is 0.358 e. The zero-order chi connectivity index (χ0) is 31.6. The van der Waals surface area contributed by atoms with Crippen LogP contribution in [0.3, 0.4) is 0 Å². The SMILES string of the molecule is CC(C)(C)OC(=O)c1nc(N2CCc3cccc(C(=O)N(COCC[Si](C)(C)C)c4nc5ccccc5s4)c3C2)ccc1Br. The van der Waals surface area contributed by atoms with Crippen molar-refractivity contribution in [1.29, 1.82) is 0 Å². The van der Waals surface area contributed by atoms with Crippen LogP contribution in [0, 0.1) is 0 Å². The van der Waals surface area contributed by atoms with E-state index in [0.29, 0.717) is 40.7 Å². The minimum Gasteiger partial charge on any atom is -0.455 e. The number of ether oxygens (including phenoxy) is 2. The van der Waals surface area contributed by atoms with Gasteiger partial charge in [-0.05, 0) is 90.6 Å². The van der Waals surface area contributed by atoms with E-state index in [9.17, 15) is 9.59 Å². The van der Waals surface area contributed by atoms with Crippen LogP contribution in [0.2, 0.25) is 25.7 Å². The molecule has 2 aromatic heterocycles. The number of pyridine rings is 1. The third-order valence-corrected chi connectivity index (χ3v) is 10.6. The number of halogens is 1. The van der Waals surface area contributed by atoms with Crippen molar-refractivity contribution in [2.75, 3.05) is 29.7 Å². The lowest BCUT2D eigenvalue weighted by Crippen LogP contribution is -2.37. The van der Waals surface area contributed by atoms with Crippen molar-refractivity contribution in [3.63, 3.8) is 0 Å². The smallest absolute Gasteiger partial charge is 0.358 e. The lowest BCUT2D eigenvalue weighted by atomic mass is 9.94. The van der Waals surface area contributed by atoms with Crippen molar-refractivity contribution >= 4 is 68.4 Å². The zero-order valence-corrected chi connectivity index (χ0v) is 29.5. The van der Waals surface area contributed by atoms with Crippen LogP contribution in [0.4, 0.5) is 10.9 Å². The van der Waals surface area contributed by atoms with E-state index in [1.807, 2.05) is 69.3 Å². The van der Waals surface area contributed by atoms with Gasteiger partial charge >= 0.3 is 5.97 Å². The minimum atomic E-state index is -1.30. The van der Waals surface area contributed by atoms with Gasteiger partial charge in [0.15, 0.2) is 10.8 Å². The highest BCUT2D eigenvalue weighted by Crippen LogP contribution is 2.33. The summed E-state index contributed by atoms with van der Waals surface area (Å²) >= 11 is 4.95. The summed E-state index contributed by atoms with van der Waals surface area (Å²) in [6.07, 6.45) is 0.740. The highest BCUT2D eigenvalue weighted by Gasteiger charge is 2.29. The van der Waals surface area contributed by atoms with Crippen LogP contribution in [0.25, 0.3) is 10.2 Å². The van der Waals surface area contributed by atoms with Crippen molar-refractivity contribution in [3.8, 4) is 0 Å². The van der Waals surface area contributed by atoms with Gasteiger partial charge in [-0.1, -0.05) is 55.2 Å². The number of rotatable bonds is 9. The van der Waals surface area contributed by atoms with E-state index in [1.165, 1.54) is 11.3 Å². The van der Waals surface area contributed by atoms with E-state index in [-0.39, 0.29) is 18.3 Å². The summed E-state index contributed by atoms with van der Waals surface area (Å²) in [6.45, 7) is 14.3. The molecule has 44 heavy (non-hydrogen) atoms. The summed E-state index contributed by atoms with van der Waals surface area (Å²) in [6, 6.07) is 18.5. The second-order valence-electron chi connectivity index (χ2n) is 13.2. The lowest BCUT2D eigenvalue weighted by molar-refractivity contribution is 0.00616. The van der Waals surface area contributed by atoms with Gasteiger partial charge in [0, 0.05) is 33.3 Å². The van der Waals surface area contributed by atoms with Crippen molar-refractivity contribution in [3.05, 3.63) is 81.5 Å². The average molecular weight is 696 g/mol. The standard InChI is InChI=1S/C33H39BrN4O4SSi/c1-33(2,3)42-31(40)29-25(34)14-15-28(36-29)37-17-16-22-10-9-11-23(24(22)20-37)30(39)38(21-41-18-19-44(4,5)6)32-35-26-12-7-8-13-27(26)43-32/h7-15H,16-21H2,1-6H3. The number of anilines is 2. The number of fused-ring (bicyclic) bond motifs is 2. The van der Waals surface area contributed by atoms with E-state index in [1.54, 1.807) is 4.90 Å². The molecule has 0 saturated carbocycles. The topological polar surface area (TPSA) is 84.9 Å².